The first-order valence-corrected chi connectivity index (χ1v) is 7.52. The normalized spacial score (nSPS) is 10.6. The van der Waals surface area contributed by atoms with E-state index < -0.39 is 0 Å². The first-order valence-electron chi connectivity index (χ1n) is 6.71. The molecule has 0 bridgehead atoms. The van der Waals surface area contributed by atoms with Gasteiger partial charge in [0.1, 0.15) is 11.5 Å². The van der Waals surface area contributed by atoms with Crippen LogP contribution in [0.15, 0.2) is 24.3 Å². The van der Waals surface area contributed by atoms with Crippen LogP contribution in [0.4, 0.5) is 0 Å². The summed E-state index contributed by atoms with van der Waals surface area (Å²) in [5.74, 6) is 1.68. The fourth-order valence-electron chi connectivity index (χ4n) is 1.91. The maximum absolute atomic E-state index is 5.71. The number of nitrogens with two attached hydrogens (primary N) is 1. The minimum absolute atomic E-state index is 0.570. The van der Waals surface area contributed by atoms with Gasteiger partial charge in [-0.15, -0.1) is 11.3 Å². The molecule has 0 fully saturated rings. The van der Waals surface area contributed by atoms with Gasteiger partial charge in [-0.3, -0.25) is 0 Å². The molecule has 4 nitrogen and oxygen atoms in total. The number of ether oxygens (including phenoxy) is 2. The van der Waals surface area contributed by atoms with E-state index >= 15 is 0 Å². The minimum Gasteiger partial charge on any atom is -0.497 e. The summed E-state index contributed by atoms with van der Waals surface area (Å²) in [5.41, 5.74) is 6.84. The van der Waals surface area contributed by atoms with E-state index in [2.05, 4.69) is 11.9 Å². The molecular formula is C15H20N2O2S. The third-order valence-electron chi connectivity index (χ3n) is 2.99. The van der Waals surface area contributed by atoms with E-state index in [-0.39, 0.29) is 0 Å². The van der Waals surface area contributed by atoms with Crippen molar-refractivity contribution >= 4 is 11.3 Å². The Labute approximate surface area is 123 Å². The van der Waals surface area contributed by atoms with E-state index in [1.165, 1.54) is 4.88 Å². The number of hydrogen-bond donors (Lipinski definition) is 1. The molecular weight excluding hydrogens is 272 g/mol. The van der Waals surface area contributed by atoms with Gasteiger partial charge >= 0.3 is 0 Å². The van der Waals surface area contributed by atoms with Crippen molar-refractivity contribution < 1.29 is 9.47 Å². The largest absolute Gasteiger partial charge is 0.497 e. The standard InChI is InChI=1S/C15H20N2O2S/c1-3-13-14(10-16)20-15(17-13)8-9-19-12-6-4-11(18-2)5-7-12/h4-7H,3,8-10,16H2,1-2H3. The summed E-state index contributed by atoms with van der Waals surface area (Å²) in [6.07, 6.45) is 1.74. The molecule has 1 heterocycles. The number of nitrogens with zero attached hydrogens (tertiary/aromatic N) is 1. The fraction of sp³-hybridized carbons (Fsp3) is 0.400. The Bertz CT molecular complexity index is 516. The maximum atomic E-state index is 5.71. The minimum atomic E-state index is 0.570. The van der Waals surface area contributed by atoms with E-state index in [9.17, 15) is 0 Å². The van der Waals surface area contributed by atoms with Crippen molar-refractivity contribution in [2.45, 2.75) is 26.3 Å². The average Bonchev–Trinajstić information content (AvgIpc) is 2.90. The Hall–Kier alpha value is -1.59. The second-order valence-electron chi connectivity index (χ2n) is 4.31. The second kappa shape index (κ2) is 7.26. The summed E-state index contributed by atoms with van der Waals surface area (Å²) in [6.45, 7) is 3.29. The number of hydrogen-bond acceptors (Lipinski definition) is 5. The van der Waals surface area contributed by atoms with Crippen LogP contribution < -0.4 is 15.2 Å². The zero-order valence-corrected chi connectivity index (χ0v) is 12.7. The molecule has 0 unspecified atom stereocenters. The van der Waals surface area contributed by atoms with Crippen LogP contribution in [0.5, 0.6) is 11.5 Å². The van der Waals surface area contributed by atoms with Crippen LogP contribution >= 0.6 is 11.3 Å². The summed E-state index contributed by atoms with van der Waals surface area (Å²) in [5, 5.41) is 1.09. The summed E-state index contributed by atoms with van der Waals surface area (Å²) in [4.78, 5) is 5.78. The Morgan fingerprint density at radius 3 is 2.45 bits per heavy atom. The maximum Gasteiger partial charge on any atom is 0.119 e. The lowest BCUT2D eigenvalue weighted by Gasteiger charge is -2.05. The molecule has 20 heavy (non-hydrogen) atoms. The highest BCUT2D eigenvalue weighted by atomic mass is 32.1. The molecule has 0 aliphatic rings. The first kappa shape index (κ1) is 14.8. The van der Waals surface area contributed by atoms with Gasteiger partial charge in [0.2, 0.25) is 0 Å². The van der Waals surface area contributed by atoms with Crippen molar-refractivity contribution in [3.05, 3.63) is 39.8 Å². The van der Waals surface area contributed by atoms with Crippen molar-refractivity contribution in [3.63, 3.8) is 0 Å². The van der Waals surface area contributed by atoms with Gasteiger partial charge < -0.3 is 15.2 Å². The molecule has 0 saturated heterocycles. The van der Waals surface area contributed by atoms with Crippen molar-refractivity contribution in [2.75, 3.05) is 13.7 Å². The topological polar surface area (TPSA) is 57.4 Å². The van der Waals surface area contributed by atoms with Gasteiger partial charge in [-0.1, -0.05) is 6.92 Å². The molecule has 0 saturated carbocycles. The smallest absolute Gasteiger partial charge is 0.119 e. The van der Waals surface area contributed by atoms with Crippen LogP contribution in [0.3, 0.4) is 0 Å². The monoisotopic (exact) mass is 292 g/mol. The van der Waals surface area contributed by atoms with Gasteiger partial charge in [0.05, 0.1) is 24.4 Å². The number of aromatic nitrogens is 1. The summed E-state index contributed by atoms with van der Waals surface area (Å²) >= 11 is 1.69. The average molecular weight is 292 g/mol. The van der Waals surface area contributed by atoms with Gasteiger partial charge in [-0.05, 0) is 30.7 Å². The van der Waals surface area contributed by atoms with Gasteiger partial charge in [-0.2, -0.15) is 0 Å². The SMILES string of the molecule is CCc1nc(CCOc2ccc(OC)cc2)sc1CN. The molecule has 0 radical (unpaired) electrons. The van der Waals surface area contributed by atoms with Crippen LogP contribution in [0.25, 0.3) is 0 Å². The van der Waals surface area contributed by atoms with E-state index in [1.807, 2.05) is 24.3 Å². The highest BCUT2D eigenvalue weighted by Gasteiger charge is 2.08. The molecule has 2 N–H and O–H groups in total. The summed E-state index contributed by atoms with van der Waals surface area (Å²) in [6, 6.07) is 7.59. The molecule has 0 aliphatic carbocycles. The predicted octanol–water partition coefficient (Wildman–Crippen LogP) is 2.79. The number of aryl methyl sites for hydroxylation is 1. The Kier molecular flexibility index (Phi) is 5.38. The van der Waals surface area contributed by atoms with Crippen LogP contribution in [-0.2, 0) is 19.4 Å². The summed E-state index contributed by atoms with van der Waals surface area (Å²) in [7, 11) is 1.65. The van der Waals surface area contributed by atoms with E-state index in [1.54, 1.807) is 18.4 Å². The molecule has 2 rings (SSSR count). The lowest BCUT2D eigenvalue weighted by molar-refractivity contribution is 0.321. The van der Waals surface area contributed by atoms with Crippen molar-refractivity contribution in [1.29, 1.82) is 0 Å². The van der Waals surface area contributed by atoms with Crippen LogP contribution in [0.1, 0.15) is 22.5 Å². The number of methoxy groups -OCH3 is 1. The Balaban J connectivity index is 1.87. The van der Waals surface area contributed by atoms with Gasteiger partial charge in [0, 0.05) is 17.8 Å². The first-order chi connectivity index (χ1) is 9.76. The second-order valence-corrected chi connectivity index (χ2v) is 5.48. The molecule has 0 amide bonds. The quantitative estimate of drug-likeness (QED) is 0.852. The third-order valence-corrected chi connectivity index (χ3v) is 4.17. The van der Waals surface area contributed by atoms with Crippen LogP contribution in [-0.4, -0.2) is 18.7 Å². The van der Waals surface area contributed by atoms with Crippen LogP contribution in [0, 0.1) is 0 Å². The molecule has 5 heteroatoms. The molecule has 1 aromatic heterocycles. The van der Waals surface area contributed by atoms with Crippen molar-refractivity contribution in [1.82, 2.24) is 4.98 Å². The van der Waals surface area contributed by atoms with E-state index in [0.717, 1.165) is 35.0 Å². The van der Waals surface area contributed by atoms with Crippen LogP contribution in [0.2, 0.25) is 0 Å². The molecule has 0 aliphatic heterocycles. The molecule has 2 aromatic rings. The zero-order valence-electron chi connectivity index (χ0n) is 11.9. The Morgan fingerprint density at radius 2 is 1.90 bits per heavy atom. The highest BCUT2D eigenvalue weighted by Crippen LogP contribution is 2.20. The zero-order chi connectivity index (χ0) is 14.4. The lowest BCUT2D eigenvalue weighted by atomic mass is 10.3. The predicted molar refractivity (Wildman–Crippen MR) is 81.6 cm³/mol. The fourth-order valence-corrected chi connectivity index (χ4v) is 2.92. The number of benzene rings is 1. The molecule has 1 aromatic carbocycles. The van der Waals surface area contributed by atoms with E-state index in [0.29, 0.717) is 13.2 Å². The third kappa shape index (κ3) is 3.71. The number of thiazole rings is 1. The summed E-state index contributed by atoms with van der Waals surface area (Å²) < 4.78 is 10.8. The molecule has 0 atom stereocenters. The lowest BCUT2D eigenvalue weighted by Crippen LogP contribution is -2.01. The van der Waals surface area contributed by atoms with Crippen molar-refractivity contribution in [2.24, 2.45) is 5.73 Å². The highest BCUT2D eigenvalue weighted by molar-refractivity contribution is 7.11. The van der Waals surface area contributed by atoms with E-state index in [4.69, 9.17) is 15.2 Å². The van der Waals surface area contributed by atoms with Gasteiger partial charge in [0.25, 0.3) is 0 Å². The number of rotatable bonds is 7. The van der Waals surface area contributed by atoms with Gasteiger partial charge in [0.15, 0.2) is 0 Å². The molecule has 108 valence electrons. The Morgan fingerprint density at radius 1 is 1.20 bits per heavy atom. The van der Waals surface area contributed by atoms with Crippen molar-refractivity contribution in [3.8, 4) is 11.5 Å². The van der Waals surface area contributed by atoms with Gasteiger partial charge in [-0.25, -0.2) is 4.98 Å². The molecule has 0 spiro atoms.